The lowest BCUT2D eigenvalue weighted by Crippen LogP contribution is -2.12. The van der Waals surface area contributed by atoms with Crippen molar-refractivity contribution in [1.82, 2.24) is 19.5 Å². The van der Waals surface area contributed by atoms with E-state index in [0.29, 0.717) is 5.15 Å². The molecule has 0 spiro atoms. The summed E-state index contributed by atoms with van der Waals surface area (Å²) in [4.78, 5) is 13.1. The third-order valence-electron chi connectivity index (χ3n) is 5.62. The van der Waals surface area contributed by atoms with Crippen molar-refractivity contribution in [2.75, 3.05) is 12.4 Å². The van der Waals surface area contributed by atoms with Crippen LogP contribution in [-0.2, 0) is 11.2 Å². The Kier molecular flexibility index (Phi) is 4.81. The van der Waals surface area contributed by atoms with Gasteiger partial charge < -0.3 is 14.6 Å². The molecule has 1 aromatic carbocycles. The van der Waals surface area contributed by atoms with Crippen molar-refractivity contribution in [2.45, 2.75) is 38.0 Å². The molecular formula is C22H22ClN5O. The Morgan fingerprint density at radius 2 is 2.07 bits per heavy atom. The van der Waals surface area contributed by atoms with Crippen LogP contribution in [0.2, 0.25) is 5.15 Å². The number of fused-ring (bicyclic) bond motifs is 2. The summed E-state index contributed by atoms with van der Waals surface area (Å²) in [5.41, 5.74) is 3.14. The van der Waals surface area contributed by atoms with E-state index in [1.54, 1.807) is 0 Å². The first-order valence-corrected chi connectivity index (χ1v) is 10.3. The molecule has 0 saturated carbocycles. The van der Waals surface area contributed by atoms with Gasteiger partial charge in [-0.2, -0.15) is 0 Å². The van der Waals surface area contributed by atoms with Crippen LogP contribution in [0.15, 0.2) is 48.9 Å². The standard InChI is InChI=1S/C22H22ClN5O/c1-24-19-8-5-15-4-2-14(12-18(15)27-19)3-6-16-7-9-20(29-16)28-11-10-17-21(23)25-13-26-22(17)28/h2,4-5,8,10-13,16,20H,3,6-7,9H2,1H3,(H,24,27). The number of nitrogens with one attached hydrogen (secondary N) is 1. The number of halogens is 1. The summed E-state index contributed by atoms with van der Waals surface area (Å²) in [6.07, 6.45) is 7.71. The summed E-state index contributed by atoms with van der Waals surface area (Å²) < 4.78 is 8.40. The van der Waals surface area contributed by atoms with Crippen LogP contribution >= 0.6 is 11.6 Å². The van der Waals surface area contributed by atoms with Crippen LogP contribution in [-0.4, -0.2) is 32.7 Å². The largest absolute Gasteiger partial charge is 0.373 e. The van der Waals surface area contributed by atoms with Gasteiger partial charge in [-0.1, -0.05) is 23.7 Å². The number of ether oxygens (including phenoxy) is 1. The Labute approximate surface area is 173 Å². The van der Waals surface area contributed by atoms with Crippen molar-refractivity contribution in [3.63, 3.8) is 0 Å². The highest BCUT2D eigenvalue weighted by Crippen LogP contribution is 2.34. The highest BCUT2D eigenvalue weighted by molar-refractivity contribution is 6.33. The minimum atomic E-state index is -0.0000707. The Balaban J connectivity index is 1.26. The van der Waals surface area contributed by atoms with Crippen LogP contribution in [0.4, 0.5) is 5.82 Å². The van der Waals surface area contributed by atoms with E-state index in [1.807, 2.05) is 25.4 Å². The molecule has 1 aliphatic heterocycles. The van der Waals surface area contributed by atoms with Crippen molar-refractivity contribution in [3.05, 3.63) is 59.6 Å². The van der Waals surface area contributed by atoms with Gasteiger partial charge in [0.25, 0.3) is 0 Å². The monoisotopic (exact) mass is 407 g/mol. The quantitative estimate of drug-likeness (QED) is 0.472. The number of nitrogens with zero attached hydrogens (tertiary/aromatic N) is 4. The van der Waals surface area contributed by atoms with Gasteiger partial charge in [-0.3, -0.25) is 0 Å². The lowest BCUT2D eigenvalue weighted by Gasteiger charge is -2.16. The Morgan fingerprint density at radius 3 is 2.97 bits per heavy atom. The van der Waals surface area contributed by atoms with Crippen molar-refractivity contribution >= 4 is 39.4 Å². The predicted octanol–water partition coefficient (Wildman–Crippen LogP) is 4.99. The lowest BCUT2D eigenvalue weighted by atomic mass is 10.0. The molecule has 4 heterocycles. The summed E-state index contributed by atoms with van der Waals surface area (Å²) in [7, 11) is 1.89. The molecule has 4 aromatic rings. The van der Waals surface area contributed by atoms with E-state index < -0.39 is 0 Å². The molecule has 1 fully saturated rings. The summed E-state index contributed by atoms with van der Waals surface area (Å²) in [6.45, 7) is 0. The topological polar surface area (TPSA) is 64.9 Å². The zero-order valence-electron chi connectivity index (χ0n) is 16.2. The molecular weight excluding hydrogens is 386 g/mol. The molecule has 6 nitrogen and oxygen atoms in total. The molecule has 0 aliphatic carbocycles. The van der Waals surface area contributed by atoms with E-state index in [0.717, 1.165) is 53.4 Å². The van der Waals surface area contributed by atoms with Crippen LogP contribution in [0.1, 0.15) is 31.1 Å². The molecule has 148 valence electrons. The van der Waals surface area contributed by atoms with Crippen molar-refractivity contribution in [2.24, 2.45) is 0 Å². The van der Waals surface area contributed by atoms with Gasteiger partial charge in [0, 0.05) is 18.6 Å². The second kappa shape index (κ2) is 7.61. The van der Waals surface area contributed by atoms with Gasteiger partial charge in [0.05, 0.1) is 17.0 Å². The van der Waals surface area contributed by atoms with E-state index in [2.05, 4.69) is 49.1 Å². The maximum atomic E-state index is 6.33. The maximum Gasteiger partial charge on any atom is 0.146 e. The zero-order chi connectivity index (χ0) is 19.8. The highest BCUT2D eigenvalue weighted by Gasteiger charge is 2.27. The second-order valence-corrected chi connectivity index (χ2v) is 7.79. The van der Waals surface area contributed by atoms with E-state index in [-0.39, 0.29) is 12.3 Å². The fourth-order valence-corrected chi connectivity index (χ4v) is 4.25. The minimum absolute atomic E-state index is 0.0000707. The van der Waals surface area contributed by atoms with Gasteiger partial charge >= 0.3 is 0 Å². The van der Waals surface area contributed by atoms with E-state index in [1.165, 1.54) is 11.9 Å². The molecule has 2 atom stereocenters. The molecule has 3 aromatic heterocycles. The van der Waals surface area contributed by atoms with Gasteiger partial charge in [-0.25, -0.2) is 15.0 Å². The van der Waals surface area contributed by atoms with Crippen molar-refractivity contribution in [1.29, 1.82) is 0 Å². The van der Waals surface area contributed by atoms with Crippen LogP contribution in [0.5, 0.6) is 0 Å². The minimum Gasteiger partial charge on any atom is -0.373 e. The van der Waals surface area contributed by atoms with Gasteiger partial charge in [0.2, 0.25) is 0 Å². The fourth-order valence-electron chi connectivity index (χ4n) is 4.06. The summed E-state index contributed by atoms with van der Waals surface area (Å²) in [6, 6.07) is 12.6. The number of benzene rings is 1. The van der Waals surface area contributed by atoms with Crippen LogP contribution in [0, 0.1) is 0 Å². The summed E-state index contributed by atoms with van der Waals surface area (Å²) in [5.74, 6) is 0.888. The predicted molar refractivity (Wildman–Crippen MR) is 115 cm³/mol. The normalized spacial score (nSPS) is 19.2. The van der Waals surface area contributed by atoms with Crippen LogP contribution in [0.3, 0.4) is 0 Å². The molecule has 5 rings (SSSR count). The van der Waals surface area contributed by atoms with Gasteiger partial charge in [-0.05, 0) is 55.5 Å². The number of hydrogen-bond donors (Lipinski definition) is 1. The molecule has 1 N–H and O–H groups in total. The zero-order valence-corrected chi connectivity index (χ0v) is 16.9. The lowest BCUT2D eigenvalue weighted by molar-refractivity contribution is 0.00120. The first kappa shape index (κ1) is 18.3. The van der Waals surface area contributed by atoms with Crippen molar-refractivity contribution in [3.8, 4) is 0 Å². The third-order valence-corrected chi connectivity index (χ3v) is 5.92. The Morgan fingerprint density at radius 1 is 1.17 bits per heavy atom. The SMILES string of the molecule is CNc1ccc2ccc(CCC3CCC(n4ccc5c(Cl)ncnc54)O3)cc2n1. The number of aromatic nitrogens is 4. The van der Waals surface area contributed by atoms with E-state index >= 15 is 0 Å². The fraction of sp³-hybridized carbons (Fsp3) is 0.318. The number of aryl methyl sites for hydroxylation is 1. The average Bonchev–Trinajstić information content (AvgIpc) is 3.39. The molecule has 1 aliphatic rings. The number of hydrogen-bond acceptors (Lipinski definition) is 5. The molecule has 0 amide bonds. The highest BCUT2D eigenvalue weighted by atomic mass is 35.5. The molecule has 29 heavy (non-hydrogen) atoms. The number of anilines is 1. The summed E-state index contributed by atoms with van der Waals surface area (Å²) >= 11 is 6.17. The summed E-state index contributed by atoms with van der Waals surface area (Å²) in [5, 5.41) is 5.60. The Hall–Kier alpha value is -2.70. The number of rotatable bonds is 5. The third kappa shape index (κ3) is 3.54. The molecule has 0 bridgehead atoms. The van der Waals surface area contributed by atoms with E-state index in [9.17, 15) is 0 Å². The smallest absolute Gasteiger partial charge is 0.146 e. The molecule has 1 saturated heterocycles. The average molecular weight is 408 g/mol. The number of pyridine rings is 1. The van der Waals surface area contributed by atoms with Crippen molar-refractivity contribution < 1.29 is 4.74 Å². The molecule has 2 unspecified atom stereocenters. The first-order chi connectivity index (χ1) is 14.2. The first-order valence-electron chi connectivity index (χ1n) is 9.91. The second-order valence-electron chi connectivity index (χ2n) is 7.43. The van der Waals surface area contributed by atoms with Crippen LogP contribution in [0.25, 0.3) is 21.9 Å². The maximum absolute atomic E-state index is 6.33. The van der Waals surface area contributed by atoms with Gasteiger partial charge in [0.1, 0.15) is 29.2 Å². The molecule has 7 heteroatoms. The van der Waals surface area contributed by atoms with Crippen LogP contribution < -0.4 is 5.32 Å². The van der Waals surface area contributed by atoms with Gasteiger partial charge in [0.15, 0.2) is 0 Å². The van der Waals surface area contributed by atoms with E-state index in [4.69, 9.17) is 16.3 Å². The van der Waals surface area contributed by atoms with Gasteiger partial charge in [-0.15, -0.1) is 0 Å². The molecule has 0 radical (unpaired) electrons. The Bertz CT molecular complexity index is 1170.